The number of carboxylic acids is 1. The molecule has 269 valence electrons. The van der Waals surface area contributed by atoms with Crippen molar-refractivity contribution in [2.45, 2.75) is 126 Å². The minimum Gasteiger partial charge on any atom is -0.481 e. The lowest BCUT2D eigenvalue weighted by Gasteiger charge is -2.36. The van der Waals surface area contributed by atoms with E-state index in [9.17, 15) is 9.59 Å². The summed E-state index contributed by atoms with van der Waals surface area (Å²) in [5, 5.41) is 9.08. The minimum absolute atomic E-state index is 0. The number of ketones is 1. The molecule has 6 heteroatoms. The Hall–Kier alpha value is -2.44. The molecule has 0 spiro atoms. The van der Waals surface area contributed by atoms with E-state index in [1.807, 2.05) is 50.2 Å². The minimum atomic E-state index is -0.592. The fraction of sp³-hybridized carbons (Fsp3) is 0.667. The zero-order valence-corrected chi connectivity index (χ0v) is 31.9. The smallest absolute Gasteiger partial charge is 0.306 e. The zero-order chi connectivity index (χ0) is 35.5. The Kier molecular flexibility index (Phi) is 23.4. The van der Waals surface area contributed by atoms with Crippen LogP contribution in [0.5, 0.6) is 0 Å². The number of hydrogen-bond acceptors (Lipinski definition) is 4. The molecular weight excluding hydrogens is 591 g/mol. The molecule has 3 radical (unpaired) electrons. The van der Waals surface area contributed by atoms with E-state index in [4.69, 9.17) is 16.6 Å². The molecule has 2 aromatic carbocycles. The average Bonchev–Trinajstić information content (AvgIpc) is 3.08. The van der Waals surface area contributed by atoms with E-state index in [0.29, 0.717) is 53.6 Å². The van der Waals surface area contributed by atoms with Gasteiger partial charge < -0.3 is 16.6 Å². The van der Waals surface area contributed by atoms with Gasteiger partial charge >= 0.3 is 5.97 Å². The Morgan fingerprint density at radius 2 is 1.15 bits per heavy atom. The van der Waals surface area contributed by atoms with Gasteiger partial charge in [0.2, 0.25) is 0 Å². The number of rotatable bonds is 10. The largest absolute Gasteiger partial charge is 0.481 e. The maximum Gasteiger partial charge on any atom is 0.306 e. The predicted octanol–water partition coefficient (Wildman–Crippen LogP) is 9.92. The lowest BCUT2D eigenvalue weighted by atomic mass is 9.68. The molecule has 0 bridgehead atoms. The molecule has 0 heterocycles. The molecule has 48 heavy (non-hydrogen) atoms. The van der Waals surface area contributed by atoms with Gasteiger partial charge in [0, 0.05) is 26.8 Å². The van der Waals surface area contributed by atoms with Gasteiger partial charge in [0.05, 0.1) is 5.92 Å². The maximum absolute atomic E-state index is 12.7. The van der Waals surface area contributed by atoms with E-state index < -0.39 is 5.97 Å². The van der Waals surface area contributed by atoms with Gasteiger partial charge in [-0.15, -0.1) is 0 Å². The van der Waals surface area contributed by atoms with Crippen LogP contribution in [0.2, 0.25) is 0 Å². The number of carbonyl (C=O) groups excluding carboxylic acids is 1. The maximum atomic E-state index is 12.7. The van der Waals surface area contributed by atoms with Crippen molar-refractivity contribution in [2.24, 2.45) is 58.8 Å². The number of nitrogens with two attached hydrogens (primary N) is 2. The number of hydrogen-bond donors (Lipinski definition) is 3. The van der Waals surface area contributed by atoms with Crippen LogP contribution in [-0.4, -0.2) is 31.8 Å². The molecule has 2 aromatic rings. The van der Waals surface area contributed by atoms with E-state index in [1.54, 1.807) is 0 Å². The molecule has 2 fully saturated rings. The van der Waals surface area contributed by atoms with Crippen LogP contribution in [0.15, 0.2) is 60.7 Å². The van der Waals surface area contributed by atoms with Crippen molar-refractivity contribution >= 4 is 20.2 Å². The second-order valence-electron chi connectivity index (χ2n) is 14.8. The van der Waals surface area contributed by atoms with E-state index in [1.165, 1.54) is 24.8 Å². The number of aliphatic carboxylic acids is 1. The fourth-order valence-electron chi connectivity index (χ4n) is 7.33. The van der Waals surface area contributed by atoms with Gasteiger partial charge in [-0.2, -0.15) is 0 Å². The first kappa shape index (κ1) is 45.6. The third-order valence-electron chi connectivity index (χ3n) is 10.4. The van der Waals surface area contributed by atoms with Gasteiger partial charge in [0.25, 0.3) is 0 Å². The zero-order valence-electron chi connectivity index (χ0n) is 31.9. The average molecular weight is 662 g/mol. The molecule has 2 saturated carbocycles. The van der Waals surface area contributed by atoms with Crippen molar-refractivity contribution in [2.75, 3.05) is 6.54 Å². The molecule has 2 aliphatic rings. The van der Waals surface area contributed by atoms with Gasteiger partial charge in [-0.25, -0.2) is 0 Å². The van der Waals surface area contributed by atoms with Crippen LogP contribution < -0.4 is 11.5 Å². The van der Waals surface area contributed by atoms with Gasteiger partial charge in [-0.1, -0.05) is 136 Å². The van der Waals surface area contributed by atoms with Crippen molar-refractivity contribution in [3.63, 3.8) is 0 Å². The summed E-state index contributed by atoms with van der Waals surface area (Å²) >= 11 is 0. The topological polar surface area (TPSA) is 106 Å². The van der Waals surface area contributed by atoms with Crippen LogP contribution in [-0.2, 0) is 9.59 Å². The summed E-state index contributed by atoms with van der Waals surface area (Å²) in [6.45, 7) is 20.1. The van der Waals surface area contributed by atoms with Crippen molar-refractivity contribution < 1.29 is 14.7 Å². The number of carbonyl (C=O) groups is 2. The van der Waals surface area contributed by atoms with Crippen molar-refractivity contribution in [3.05, 3.63) is 71.8 Å². The third-order valence-corrected chi connectivity index (χ3v) is 10.4. The monoisotopic (exact) mass is 662 g/mol. The highest BCUT2D eigenvalue weighted by Crippen LogP contribution is 2.40. The van der Waals surface area contributed by atoms with Crippen LogP contribution in [0, 0.1) is 47.3 Å². The molecule has 0 aromatic heterocycles. The lowest BCUT2D eigenvalue weighted by molar-refractivity contribution is -0.146. The molecule has 0 unspecified atom stereocenters. The Morgan fingerprint density at radius 3 is 1.56 bits per heavy atom. The number of benzene rings is 2. The van der Waals surface area contributed by atoms with Gasteiger partial charge in [-0.05, 0) is 91.2 Å². The normalized spacial score (nSPS) is 24.6. The fourth-order valence-corrected chi connectivity index (χ4v) is 7.33. The summed E-state index contributed by atoms with van der Waals surface area (Å²) in [6.07, 6.45) is 8.11. The van der Waals surface area contributed by atoms with Crippen molar-refractivity contribution in [1.29, 1.82) is 0 Å². The predicted molar refractivity (Wildman–Crippen MR) is 206 cm³/mol. The molecule has 4 rings (SSSR count). The van der Waals surface area contributed by atoms with Crippen molar-refractivity contribution in [1.82, 2.24) is 0 Å². The molecule has 5 N–H and O–H groups in total. The van der Waals surface area contributed by atoms with E-state index in [-0.39, 0.29) is 26.3 Å². The summed E-state index contributed by atoms with van der Waals surface area (Å²) in [4.78, 5) is 23.8. The highest BCUT2D eigenvalue weighted by molar-refractivity contribution is 5.81. The van der Waals surface area contributed by atoms with E-state index >= 15 is 0 Å². The number of carboxylic acid groups (broad SMARTS) is 1. The van der Waals surface area contributed by atoms with Crippen LogP contribution in [0.4, 0.5) is 0 Å². The Balaban J connectivity index is 0.000000724. The standard InChI is InChI=1S/C20H31NO.C11H20O2.C9H13N.C2H6.B/c1-14(2)17-10-9-15(3)13-18(17)20(22)12-11-19(21)16-7-5-4-6-8-16;1-7(2)9-5-4-8(3)6-10(9)11(12)13;1-8(7-10)9-5-3-2-4-6-9;1-2;/h4-8,14-15,17-19H,9-13,21H2,1-3H3;7-10H,4-6H2,1-3H3,(H,12,13);2-6,8H,7,10H2,1H3;1-2H3;/t15-,17+,18-,19-;8-,9+,10-;8-;;/m111../s1. The molecule has 2 aliphatic carbocycles. The SMILES string of the molecule is CC.CC(C)[C@@H]1CC[C@@H](C)C[C@H]1C(=O)CC[C@@H](N)c1ccccc1.CC(C)[C@@H]1CC[C@@H](C)C[C@H]1C(=O)O.C[C@H](CN)c1ccccc1.[B]. The molecule has 5 nitrogen and oxygen atoms in total. The Labute approximate surface area is 297 Å². The summed E-state index contributed by atoms with van der Waals surface area (Å²) < 4.78 is 0. The second kappa shape index (κ2) is 24.7. The quantitative estimate of drug-likeness (QED) is 0.220. The molecular formula is C42H70BN2O3. The molecule has 0 aliphatic heterocycles. The summed E-state index contributed by atoms with van der Waals surface area (Å²) in [7, 11) is 0. The highest BCUT2D eigenvalue weighted by atomic mass is 16.4. The summed E-state index contributed by atoms with van der Waals surface area (Å²) in [5.41, 5.74) is 14.2. The highest BCUT2D eigenvalue weighted by Gasteiger charge is 2.36. The van der Waals surface area contributed by atoms with Crippen LogP contribution in [0.3, 0.4) is 0 Å². The molecule has 0 saturated heterocycles. The van der Waals surface area contributed by atoms with E-state index in [2.05, 4.69) is 72.7 Å². The molecule has 0 amide bonds. The number of Topliss-reactive ketones (excluding diaryl/α,β-unsaturated/α-hetero) is 1. The first-order chi connectivity index (χ1) is 22.3. The van der Waals surface area contributed by atoms with Crippen LogP contribution in [0.25, 0.3) is 0 Å². The third kappa shape index (κ3) is 15.9. The second-order valence-corrected chi connectivity index (χ2v) is 14.8. The van der Waals surface area contributed by atoms with Gasteiger partial charge in [0.15, 0.2) is 0 Å². The lowest BCUT2D eigenvalue weighted by Crippen LogP contribution is -2.33. The molecule has 8 atom stereocenters. The van der Waals surface area contributed by atoms with Crippen LogP contribution >= 0.6 is 0 Å². The first-order valence-corrected chi connectivity index (χ1v) is 18.7. The van der Waals surface area contributed by atoms with Crippen molar-refractivity contribution in [3.8, 4) is 0 Å². The van der Waals surface area contributed by atoms with Gasteiger partial charge in [0.1, 0.15) is 5.78 Å². The summed E-state index contributed by atoms with van der Waals surface area (Å²) in [6, 6.07) is 20.4. The van der Waals surface area contributed by atoms with Gasteiger partial charge in [-0.3, -0.25) is 9.59 Å². The Morgan fingerprint density at radius 1 is 0.729 bits per heavy atom. The first-order valence-electron chi connectivity index (χ1n) is 18.7. The van der Waals surface area contributed by atoms with E-state index in [0.717, 1.165) is 37.8 Å². The van der Waals surface area contributed by atoms with Crippen LogP contribution in [0.1, 0.15) is 137 Å². The summed E-state index contributed by atoms with van der Waals surface area (Å²) in [5.74, 6) is 3.85. The Bertz CT molecular complexity index is 1110.